The third-order valence-electron chi connectivity index (χ3n) is 5.50. The van der Waals surface area contributed by atoms with E-state index in [0.717, 1.165) is 39.5 Å². The first-order valence-corrected chi connectivity index (χ1v) is 12.8. The molecule has 0 aliphatic carbocycles. The van der Waals surface area contributed by atoms with E-state index in [1.54, 1.807) is 24.2 Å². The highest BCUT2D eigenvalue weighted by atomic mass is 32.2. The normalized spacial score (nSPS) is 14.2. The van der Waals surface area contributed by atoms with Gasteiger partial charge >= 0.3 is 0 Å². The number of hydrogen-bond acceptors (Lipinski definition) is 6. The van der Waals surface area contributed by atoms with Gasteiger partial charge in [-0.15, -0.1) is 0 Å². The van der Waals surface area contributed by atoms with Crippen molar-refractivity contribution in [2.45, 2.75) is 66.2 Å². The second-order valence-electron chi connectivity index (χ2n) is 9.05. The predicted octanol–water partition coefficient (Wildman–Crippen LogP) is 7.17. The van der Waals surface area contributed by atoms with Gasteiger partial charge < -0.3 is 10.1 Å². The molecule has 0 aliphatic rings. The Balaban J connectivity index is 2.18. The van der Waals surface area contributed by atoms with Crippen LogP contribution in [0, 0.1) is 5.92 Å². The van der Waals surface area contributed by atoms with Crippen LogP contribution in [0.4, 0.5) is 4.39 Å². The standard InChI is InChI=1S/C28H39FN4OS/c1-8-10-11-19(3)18-34-26-13-24(12-25(14-26)22(6)35-20(4)9-2)21(5)31-15-23-16-32-27(33-17-23)28(7,29)30/h9,12-14,16-17,19,31H,5-6,8,10-11,15,18,30H2,1-4,7H3/b20-9-. The molecule has 2 unspecified atom stereocenters. The molecule has 190 valence electrons. The highest BCUT2D eigenvalue weighted by Gasteiger charge is 2.22. The highest BCUT2D eigenvalue weighted by molar-refractivity contribution is 8.11. The molecule has 1 aromatic heterocycles. The highest BCUT2D eigenvalue weighted by Crippen LogP contribution is 2.35. The zero-order valence-corrected chi connectivity index (χ0v) is 22.5. The number of nitrogens with zero attached hydrogens (tertiary/aromatic N) is 2. The number of unbranched alkanes of at least 4 members (excludes halogenated alkanes) is 1. The average Bonchev–Trinajstić information content (AvgIpc) is 2.84. The quantitative estimate of drug-likeness (QED) is 0.269. The average molecular weight is 499 g/mol. The number of thioether (sulfide) groups is 1. The van der Waals surface area contributed by atoms with Crippen molar-refractivity contribution in [2.24, 2.45) is 11.7 Å². The summed E-state index contributed by atoms with van der Waals surface area (Å²) in [5.74, 6) is -0.836. The summed E-state index contributed by atoms with van der Waals surface area (Å²) >= 11 is 1.63. The summed E-state index contributed by atoms with van der Waals surface area (Å²) in [6.07, 6.45) is 8.73. The summed E-state index contributed by atoms with van der Waals surface area (Å²) in [6, 6.07) is 6.09. The molecule has 0 bridgehead atoms. The van der Waals surface area contributed by atoms with Crippen LogP contribution in [0.5, 0.6) is 5.75 Å². The van der Waals surface area contributed by atoms with Crippen molar-refractivity contribution < 1.29 is 9.13 Å². The monoisotopic (exact) mass is 498 g/mol. The Labute approximate surface area is 214 Å². The minimum Gasteiger partial charge on any atom is -0.493 e. The molecule has 1 heterocycles. The van der Waals surface area contributed by atoms with Gasteiger partial charge in [-0.1, -0.05) is 57.7 Å². The second-order valence-corrected chi connectivity index (χ2v) is 10.4. The third-order valence-corrected chi connectivity index (χ3v) is 6.54. The number of benzene rings is 1. The zero-order valence-electron chi connectivity index (χ0n) is 21.7. The SMILES string of the molecule is C=C(NCc1cnc(C(C)(N)F)nc1)c1cc(OCC(C)CCCC)cc(C(=C)S/C(C)=C\C)c1. The van der Waals surface area contributed by atoms with Crippen molar-refractivity contribution in [2.75, 3.05) is 6.61 Å². The van der Waals surface area contributed by atoms with Gasteiger partial charge in [0.05, 0.1) is 6.61 Å². The summed E-state index contributed by atoms with van der Waals surface area (Å²) < 4.78 is 20.0. The Kier molecular flexibility index (Phi) is 11.0. The van der Waals surface area contributed by atoms with E-state index >= 15 is 0 Å². The summed E-state index contributed by atoms with van der Waals surface area (Å²) in [6.45, 7) is 19.3. The summed E-state index contributed by atoms with van der Waals surface area (Å²) in [4.78, 5) is 10.2. The number of hydrogen-bond donors (Lipinski definition) is 2. The smallest absolute Gasteiger partial charge is 0.216 e. The van der Waals surface area contributed by atoms with Crippen LogP contribution in [-0.4, -0.2) is 16.6 Å². The molecule has 0 spiro atoms. The molecule has 2 rings (SSSR count). The molecule has 5 nitrogen and oxygen atoms in total. The number of ether oxygens (including phenoxy) is 1. The lowest BCUT2D eigenvalue weighted by molar-refractivity contribution is 0.188. The van der Waals surface area contributed by atoms with Crippen LogP contribution >= 0.6 is 11.8 Å². The van der Waals surface area contributed by atoms with Crippen molar-refractivity contribution in [3.8, 4) is 5.75 Å². The molecule has 0 saturated heterocycles. The second kappa shape index (κ2) is 13.4. The molecule has 0 amide bonds. The van der Waals surface area contributed by atoms with Gasteiger partial charge in [0.15, 0.2) is 5.82 Å². The Morgan fingerprint density at radius 2 is 1.91 bits per heavy atom. The summed E-state index contributed by atoms with van der Waals surface area (Å²) in [5.41, 5.74) is 8.84. The molecule has 0 aliphatic heterocycles. The Morgan fingerprint density at radius 1 is 1.26 bits per heavy atom. The van der Waals surface area contributed by atoms with E-state index in [0.29, 0.717) is 19.1 Å². The van der Waals surface area contributed by atoms with Gasteiger partial charge in [-0.3, -0.25) is 5.73 Å². The van der Waals surface area contributed by atoms with Gasteiger partial charge in [0.2, 0.25) is 5.79 Å². The van der Waals surface area contributed by atoms with Crippen LogP contribution in [0.1, 0.15) is 76.4 Å². The lowest BCUT2D eigenvalue weighted by Gasteiger charge is -2.17. The van der Waals surface area contributed by atoms with Crippen LogP contribution in [-0.2, 0) is 12.3 Å². The largest absolute Gasteiger partial charge is 0.493 e. The molecule has 0 fully saturated rings. The zero-order chi connectivity index (χ0) is 26.0. The van der Waals surface area contributed by atoms with E-state index in [2.05, 4.69) is 61.4 Å². The van der Waals surface area contributed by atoms with E-state index in [1.165, 1.54) is 24.7 Å². The van der Waals surface area contributed by atoms with Crippen LogP contribution in [0.25, 0.3) is 10.6 Å². The van der Waals surface area contributed by atoms with E-state index in [1.807, 2.05) is 19.1 Å². The molecular weight excluding hydrogens is 459 g/mol. The van der Waals surface area contributed by atoms with Crippen molar-refractivity contribution in [3.63, 3.8) is 0 Å². The lowest BCUT2D eigenvalue weighted by Crippen LogP contribution is -2.29. The number of allylic oxidation sites excluding steroid dienone is 2. The Hall–Kier alpha value is -2.64. The lowest BCUT2D eigenvalue weighted by atomic mass is 10.1. The van der Waals surface area contributed by atoms with E-state index < -0.39 is 5.79 Å². The summed E-state index contributed by atoms with van der Waals surface area (Å²) in [5, 5.41) is 3.31. The van der Waals surface area contributed by atoms with E-state index in [9.17, 15) is 4.39 Å². The Bertz CT molecular complexity index is 1030. The first-order valence-electron chi connectivity index (χ1n) is 12.0. The number of alkyl halides is 1. The van der Waals surface area contributed by atoms with Gasteiger partial charge in [0, 0.05) is 40.7 Å². The van der Waals surface area contributed by atoms with E-state index in [4.69, 9.17) is 10.5 Å². The fourth-order valence-electron chi connectivity index (χ4n) is 3.21. The van der Waals surface area contributed by atoms with Crippen molar-refractivity contribution in [1.29, 1.82) is 0 Å². The molecule has 0 saturated carbocycles. The topological polar surface area (TPSA) is 73.1 Å². The van der Waals surface area contributed by atoms with E-state index in [-0.39, 0.29) is 5.82 Å². The molecular formula is C28H39FN4OS. The van der Waals surface area contributed by atoms with Crippen molar-refractivity contribution in [1.82, 2.24) is 15.3 Å². The molecule has 35 heavy (non-hydrogen) atoms. The number of nitrogens with two attached hydrogens (primary N) is 1. The molecule has 2 aromatic rings. The molecule has 2 atom stereocenters. The number of nitrogens with one attached hydrogen (secondary N) is 1. The first kappa shape index (κ1) is 28.6. The van der Waals surface area contributed by atoms with Crippen LogP contribution < -0.4 is 15.8 Å². The van der Waals surface area contributed by atoms with Crippen LogP contribution in [0.15, 0.2) is 54.7 Å². The minimum absolute atomic E-state index is 0.0461. The van der Waals surface area contributed by atoms with Gasteiger partial charge in [-0.2, -0.15) is 0 Å². The van der Waals surface area contributed by atoms with Crippen LogP contribution in [0.3, 0.4) is 0 Å². The molecule has 7 heteroatoms. The third kappa shape index (κ3) is 9.49. The maximum Gasteiger partial charge on any atom is 0.216 e. The molecule has 3 N–H and O–H groups in total. The maximum absolute atomic E-state index is 13.8. The Morgan fingerprint density at radius 3 is 2.51 bits per heavy atom. The number of rotatable bonds is 14. The minimum atomic E-state index is -2.06. The van der Waals surface area contributed by atoms with Gasteiger partial charge in [0.25, 0.3) is 0 Å². The van der Waals surface area contributed by atoms with Gasteiger partial charge in [-0.25, -0.2) is 14.4 Å². The maximum atomic E-state index is 13.8. The van der Waals surface area contributed by atoms with Crippen molar-refractivity contribution >= 4 is 22.4 Å². The first-order chi connectivity index (χ1) is 16.5. The van der Waals surface area contributed by atoms with Gasteiger partial charge in [-0.05, 0) is 61.8 Å². The fraction of sp³-hybridized carbons (Fsp3) is 0.429. The number of aromatic nitrogens is 2. The fourth-order valence-corrected chi connectivity index (χ4v) is 3.96. The molecule has 0 radical (unpaired) electrons. The van der Waals surface area contributed by atoms with Crippen molar-refractivity contribution in [3.05, 3.63) is 77.2 Å². The molecule has 1 aromatic carbocycles. The van der Waals surface area contributed by atoms with Crippen LogP contribution in [0.2, 0.25) is 0 Å². The predicted molar refractivity (Wildman–Crippen MR) is 147 cm³/mol. The number of halogens is 1. The summed E-state index contributed by atoms with van der Waals surface area (Å²) in [7, 11) is 0. The van der Waals surface area contributed by atoms with Gasteiger partial charge in [0.1, 0.15) is 5.75 Å².